The van der Waals surface area contributed by atoms with Crippen LogP contribution in [0.25, 0.3) is 0 Å². The van der Waals surface area contributed by atoms with E-state index in [1.807, 2.05) is 17.7 Å². The van der Waals surface area contributed by atoms with Crippen LogP contribution in [0.5, 0.6) is 0 Å². The first kappa shape index (κ1) is 11.3. The molecule has 2 rings (SSSR count). The highest BCUT2D eigenvalue weighted by atomic mass is 32.1. The Morgan fingerprint density at radius 2 is 2.47 bits per heavy atom. The lowest BCUT2D eigenvalue weighted by atomic mass is 10.3. The molecule has 0 saturated carbocycles. The second-order valence-corrected chi connectivity index (χ2v) is 4.19. The van der Waals surface area contributed by atoms with Crippen molar-refractivity contribution in [3.8, 4) is 6.07 Å². The van der Waals surface area contributed by atoms with Crippen molar-refractivity contribution in [1.29, 1.82) is 5.26 Å². The van der Waals surface area contributed by atoms with Crippen LogP contribution < -0.4 is 11.1 Å². The van der Waals surface area contributed by atoms with Crippen LogP contribution in [0.3, 0.4) is 0 Å². The zero-order chi connectivity index (χ0) is 12.3. The van der Waals surface area contributed by atoms with Gasteiger partial charge in [0.1, 0.15) is 28.8 Å². The Labute approximate surface area is 102 Å². The fourth-order valence-electron chi connectivity index (χ4n) is 1.35. The van der Waals surface area contributed by atoms with Crippen LogP contribution in [0, 0.1) is 11.3 Å². The average Bonchev–Trinajstić information content (AvgIpc) is 2.86. The van der Waals surface area contributed by atoms with E-state index in [4.69, 9.17) is 11.0 Å². The van der Waals surface area contributed by atoms with Crippen LogP contribution in [0.1, 0.15) is 11.4 Å². The molecule has 2 aromatic rings. The summed E-state index contributed by atoms with van der Waals surface area (Å²) >= 11 is 1.19. The molecule has 0 atom stereocenters. The van der Waals surface area contributed by atoms with Crippen LogP contribution >= 0.6 is 11.5 Å². The minimum absolute atomic E-state index is 0.277. The van der Waals surface area contributed by atoms with Crippen LogP contribution in [-0.2, 0) is 13.5 Å². The van der Waals surface area contributed by atoms with E-state index < -0.39 is 0 Å². The second kappa shape index (κ2) is 4.80. The van der Waals surface area contributed by atoms with Crippen LogP contribution in [-0.4, -0.2) is 25.7 Å². The monoisotopic (exact) mass is 249 g/mol. The summed E-state index contributed by atoms with van der Waals surface area (Å²) in [5.41, 5.74) is 5.96. The van der Waals surface area contributed by atoms with Crippen molar-refractivity contribution in [2.45, 2.75) is 6.42 Å². The van der Waals surface area contributed by atoms with E-state index in [1.54, 1.807) is 6.33 Å². The zero-order valence-electron chi connectivity index (χ0n) is 9.21. The summed E-state index contributed by atoms with van der Waals surface area (Å²) in [5, 5.41) is 20.5. The number of aromatic nitrogens is 4. The summed E-state index contributed by atoms with van der Waals surface area (Å²) in [6.45, 7) is 0.656. The van der Waals surface area contributed by atoms with E-state index in [0.717, 1.165) is 12.2 Å². The number of anilines is 2. The minimum atomic E-state index is 0.277. The molecule has 3 N–H and O–H groups in total. The smallest absolute Gasteiger partial charge is 0.157 e. The van der Waals surface area contributed by atoms with Crippen molar-refractivity contribution in [1.82, 2.24) is 19.1 Å². The standard InChI is InChI=1S/C9H11N7S/c1-16-5-13-14-7(16)2-3-12-9-6(4-10)8(11)15-17-9/h5,12H,2-3H2,1H3,(H2,11,15). The Morgan fingerprint density at radius 3 is 3.12 bits per heavy atom. The number of rotatable bonds is 4. The van der Waals surface area contributed by atoms with Gasteiger partial charge in [-0.15, -0.1) is 10.2 Å². The van der Waals surface area contributed by atoms with Gasteiger partial charge in [-0.25, -0.2) is 0 Å². The molecule has 17 heavy (non-hydrogen) atoms. The third-order valence-electron chi connectivity index (χ3n) is 2.27. The SMILES string of the molecule is Cn1cnnc1CCNc1snc(N)c1C#N. The Bertz CT molecular complexity index is 550. The maximum atomic E-state index is 8.89. The summed E-state index contributed by atoms with van der Waals surface area (Å²) in [7, 11) is 1.89. The quantitative estimate of drug-likeness (QED) is 0.811. The average molecular weight is 249 g/mol. The lowest BCUT2D eigenvalue weighted by Crippen LogP contribution is -2.08. The van der Waals surface area contributed by atoms with E-state index in [9.17, 15) is 0 Å². The number of aryl methyl sites for hydroxylation is 1. The lowest BCUT2D eigenvalue weighted by molar-refractivity contribution is 0.789. The molecule has 0 saturated heterocycles. The van der Waals surface area contributed by atoms with Gasteiger partial charge in [-0.1, -0.05) is 0 Å². The van der Waals surface area contributed by atoms with Crippen molar-refractivity contribution in [2.24, 2.45) is 7.05 Å². The van der Waals surface area contributed by atoms with Gasteiger partial charge in [0.15, 0.2) is 5.82 Å². The van der Waals surface area contributed by atoms with Gasteiger partial charge in [0.2, 0.25) is 0 Å². The summed E-state index contributed by atoms with van der Waals surface area (Å²) in [4.78, 5) is 0. The first-order valence-corrected chi connectivity index (χ1v) is 5.71. The van der Waals surface area contributed by atoms with Gasteiger partial charge in [0.05, 0.1) is 0 Å². The van der Waals surface area contributed by atoms with E-state index in [-0.39, 0.29) is 5.82 Å². The molecule has 0 aliphatic heterocycles. The highest BCUT2D eigenvalue weighted by Gasteiger charge is 2.10. The molecule has 0 aromatic carbocycles. The highest BCUT2D eigenvalue weighted by molar-refractivity contribution is 7.10. The molecule has 8 heteroatoms. The summed E-state index contributed by atoms with van der Waals surface area (Å²) in [6.07, 6.45) is 2.37. The van der Waals surface area contributed by atoms with Gasteiger partial charge in [0.25, 0.3) is 0 Å². The van der Waals surface area contributed by atoms with Crippen molar-refractivity contribution in [3.63, 3.8) is 0 Å². The molecule has 2 aromatic heterocycles. The number of hydrogen-bond donors (Lipinski definition) is 2. The predicted octanol–water partition coefficient (Wildman–Crippen LogP) is 0.380. The van der Waals surface area contributed by atoms with E-state index in [0.29, 0.717) is 17.1 Å². The molecule has 7 nitrogen and oxygen atoms in total. The van der Waals surface area contributed by atoms with E-state index in [1.165, 1.54) is 11.5 Å². The molecule has 0 spiro atoms. The first-order chi connectivity index (χ1) is 8.22. The van der Waals surface area contributed by atoms with Crippen molar-refractivity contribution in [2.75, 3.05) is 17.6 Å². The summed E-state index contributed by atoms with van der Waals surface area (Å²) < 4.78 is 5.78. The Balaban J connectivity index is 1.95. The summed E-state index contributed by atoms with van der Waals surface area (Å²) in [6, 6.07) is 2.03. The number of nitrogens with one attached hydrogen (secondary N) is 1. The van der Waals surface area contributed by atoms with Crippen molar-refractivity contribution in [3.05, 3.63) is 17.7 Å². The number of nitrogen functional groups attached to an aromatic ring is 1. The molecule has 2 heterocycles. The number of nitrogens with zero attached hydrogens (tertiary/aromatic N) is 5. The molecular weight excluding hydrogens is 238 g/mol. The van der Waals surface area contributed by atoms with Gasteiger partial charge in [-0.05, 0) is 11.5 Å². The molecule has 88 valence electrons. The predicted molar refractivity (Wildman–Crippen MR) is 64.4 cm³/mol. The lowest BCUT2D eigenvalue weighted by Gasteiger charge is -2.03. The molecule has 0 radical (unpaired) electrons. The van der Waals surface area contributed by atoms with Gasteiger partial charge in [0, 0.05) is 20.0 Å². The molecular formula is C9H11N7S. The number of nitrogens with two attached hydrogens (primary N) is 1. The largest absolute Gasteiger partial charge is 0.382 e. The minimum Gasteiger partial charge on any atom is -0.382 e. The molecule has 0 aliphatic carbocycles. The van der Waals surface area contributed by atoms with E-state index >= 15 is 0 Å². The zero-order valence-corrected chi connectivity index (χ0v) is 10.0. The number of nitriles is 1. The number of hydrogen-bond acceptors (Lipinski definition) is 7. The molecule has 0 fully saturated rings. The fraction of sp³-hybridized carbons (Fsp3) is 0.333. The third kappa shape index (κ3) is 2.34. The Hall–Kier alpha value is -2.14. The topological polar surface area (TPSA) is 105 Å². The molecule has 0 unspecified atom stereocenters. The Kier molecular flexibility index (Phi) is 3.20. The van der Waals surface area contributed by atoms with Crippen LogP contribution in [0.4, 0.5) is 10.8 Å². The fourth-order valence-corrected chi connectivity index (χ4v) is 2.04. The second-order valence-electron chi connectivity index (χ2n) is 3.42. The van der Waals surface area contributed by atoms with Crippen LogP contribution in [0.15, 0.2) is 6.33 Å². The van der Waals surface area contributed by atoms with Crippen molar-refractivity contribution < 1.29 is 0 Å². The first-order valence-electron chi connectivity index (χ1n) is 4.94. The molecule has 0 bridgehead atoms. The van der Waals surface area contributed by atoms with Gasteiger partial charge < -0.3 is 15.6 Å². The normalized spacial score (nSPS) is 10.1. The molecule has 0 aliphatic rings. The van der Waals surface area contributed by atoms with Gasteiger partial charge in [-0.2, -0.15) is 9.64 Å². The third-order valence-corrected chi connectivity index (χ3v) is 3.09. The molecule has 0 amide bonds. The Morgan fingerprint density at radius 1 is 1.65 bits per heavy atom. The van der Waals surface area contributed by atoms with Gasteiger partial charge in [-0.3, -0.25) is 0 Å². The van der Waals surface area contributed by atoms with Crippen molar-refractivity contribution >= 4 is 22.4 Å². The van der Waals surface area contributed by atoms with Crippen LogP contribution in [0.2, 0.25) is 0 Å². The van der Waals surface area contributed by atoms with Gasteiger partial charge >= 0.3 is 0 Å². The maximum Gasteiger partial charge on any atom is 0.157 e. The summed E-state index contributed by atoms with van der Waals surface area (Å²) in [5.74, 6) is 1.16. The van der Waals surface area contributed by atoms with E-state index in [2.05, 4.69) is 19.9 Å². The maximum absolute atomic E-state index is 8.89. The highest BCUT2D eigenvalue weighted by Crippen LogP contribution is 2.25.